The zero-order valence-electron chi connectivity index (χ0n) is 11.7. The van der Waals surface area contributed by atoms with E-state index < -0.39 is 0 Å². The highest BCUT2D eigenvalue weighted by Crippen LogP contribution is 2.16. The number of nitrogens with zero attached hydrogens (tertiary/aromatic N) is 1. The topological polar surface area (TPSA) is 41.6 Å². The standard InChI is InChI=1S/C14H26N2O2/c1-11(2)14(17)16-7-3-12(4-8-16)15-13-5-9-18-10-6-13/h11-13,15H,3-10H2,1-2H3. The highest BCUT2D eigenvalue weighted by atomic mass is 16.5. The van der Waals surface area contributed by atoms with Gasteiger partial charge in [-0.3, -0.25) is 4.79 Å². The van der Waals surface area contributed by atoms with Gasteiger partial charge in [-0.2, -0.15) is 0 Å². The van der Waals surface area contributed by atoms with Gasteiger partial charge in [-0.1, -0.05) is 13.8 Å². The van der Waals surface area contributed by atoms with E-state index in [1.807, 2.05) is 18.7 Å². The minimum atomic E-state index is 0.130. The molecule has 0 radical (unpaired) electrons. The largest absolute Gasteiger partial charge is 0.381 e. The first-order chi connectivity index (χ1) is 8.66. The number of ether oxygens (including phenoxy) is 1. The van der Waals surface area contributed by atoms with Crippen molar-refractivity contribution in [3.05, 3.63) is 0 Å². The molecule has 2 saturated heterocycles. The summed E-state index contributed by atoms with van der Waals surface area (Å²) in [4.78, 5) is 13.9. The molecule has 0 aromatic heterocycles. The first-order valence-corrected chi connectivity index (χ1v) is 7.29. The lowest BCUT2D eigenvalue weighted by atomic mass is 10.0. The number of nitrogens with one attached hydrogen (secondary N) is 1. The Labute approximate surface area is 110 Å². The van der Waals surface area contributed by atoms with Crippen LogP contribution in [-0.4, -0.2) is 49.2 Å². The lowest BCUT2D eigenvalue weighted by Crippen LogP contribution is -2.49. The zero-order chi connectivity index (χ0) is 13.0. The van der Waals surface area contributed by atoms with Gasteiger partial charge in [0.1, 0.15) is 0 Å². The van der Waals surface area contributed by atoms with Crippen LogP contribution >= 0.6 is 0 Å². The van der Waals surface area contributed by atoms with Crippen molar-refractivity contribution >= 4 is 5.91 Å². The number of hydrogen-bond donors (Lipinski definition) is 1. The Bertz CT molecular complexity index is 267. The molecule has 0 aliphatic carbocycles. The SMILES string of the molecule is CC(C)C(=O)N1CCC(NC2CCOCC2)CC1. The molecule has 2 aliphatic rings. The second kappa shape index (κ2) is 6.53. The van der Waals surface area contributed by atoms with Gasteiger partial charge >= 0.3 is 0 Å². The fraction of sp³-hybridized carbons (Fsp3) is 0.929. The van der Waals surface area contributed by atoms with Crippen molar-refractivity contribution < 1.29 is 9.53 Å². The van der Waals surface area contributed by atoms with Crippen LogP contribution in [0.25, 0.3) is 0 Å². The molecule has 2 rings (SSSR count). The quantitative estimate of drug-likeness (QED) is 0.828. The van der Waals surface area contributed by atoms with Crippen molar-refractivity contribution in [3.63, 3.8) is 0 Å². The fourth-order valence-electron chi connectivity index (χ4n) is 2.83. The van der Waals surface area contributed by atoms with Gasteiger partial charge < -0.3 is 15.0 Å². The summed E-state index contributed by atoms with van der Waals surface area (Å²) in [5, 5.41) is 3.73. The molecule has 0 saturated carbocycles. The molecule has 4 heteroatoms. The molecule has 2 fully saturated rings. The highest BCUT2D eigenvalue weighted by molar-refractivity contribution is 5.78. The molecule has 18 heavy (non-hydrogen) atoms. The number of likely N-dealkylation sites (tertiary alicyclic amines) is 1. The Morgan fingerprint density at radius 2 is 1.67 bits per heavy atom. The molecule has 0 bridgehead atoms. The van der Waals surface area contributed by atoms with E-state index in [1.165, 1.54) is 0 Å². The number of carbonyl (C=O) groups is 1. The molecular formula is C14H26N2O2. The molecule has 0 unspecified atom stereocenters. The summed E-state index contributed by atoms with van der Waals surface area (Å²) in [6.07, 6.45) is 4.45. The van der Waals surface area contributed by atoms with Crippen molar-refractivity contribution in [2.75, 3.05) is 26.3 Å². The van der Waals surface area contributed by atoms with E-state index in [0.717, 1.165) is 52.0 Å². The van der Waals surface area contributed by atoms with Gasteiger partial charge in [0.15, 0.2) is 0 Å². The Morgan fingerprint density at radius 3 is 2.22 bits per heavy atom. The third-order valence-electron chi connectivity index (χ3n) is 3.99. The summed E-state index contributed by atoms with van der Waals surface area (Å²) in [5.41, 5.74) is 0. The van der Waals surface area contributed by atoms with Crippen molar-refractivity contribution in [1.29, 1.82) is 0 Å². The Kier molecular flexibility index (Phi) is 5.01. The van der Waals surface area contributed by atoms with Gasteiger partial charge in [0.25, 0.3) is 0 Å². The number of rotatable bonds is 3. The Morgan fingerprint density at radius 1 is 1.11 bits per heavy atom. The maximum atomic E-state index is 11.9. The first-order valence-electron chi connectivity index (χ1n) is 7.29. The van der Waals surface area contributed by atoms with Crippen LogP contribution in [0.3, 0.4) is 0 Å². The smallest absolute Gasteiger partial charge is 0.225 e. The van der Waals surface area contributed by atoms with Crippen molar-refractivity contribution in [3.8, 4) is 0 Å². The molecule has 0 aromatic carbocycles. The normalized spacial score (nSPS) is 23.6. The zero-order valence-corrected chi connectivity index (χ0v) is 11.7. The average Bonchev–Trinajstić information content (AvgIpc) is 2.40. The summed E-state index contributed by atoms with van der Waals surface area (Å²) in [5.74, 6) is 0.435. The van der Waals surface area contributed by atoms with Crippen LogP contribution in [0.1, 0.15) is 39.5 Å². The molecule has 2 heterocycles. The van der Waals surface area contributed by atoms with E-state index in [2.05, 4.69) is 5.32 Å². The van der Waals surface area contributed by atoms with Gasteiger partial charge in [-0.25, -0.2) is 0 Å². The van der Waals surface area contributed by atoms with E-state index in [0.29, 0.717) is 18.0 Å². The fourth-order valence-corrected chi connectivity index (χ4v) is 2.83. The number of piperidine rings is 1. The Hall–Kier alpha value is -0.610. The summed E-state index contributed by atoms with van der Waals surface area (Å²) in [7, 11) is 0. The third kappa shape index (κ3) is 3.69. The molecule has 0 atom stereocenters. The minimum absolute atomic E-state index is 0.130. The number of amides is 1. The van der Waals surface area contributed by atoms with E-state index in [-0.39, 0.29) is 5.92 Å². The second-order valence-corrected chi connectivity index (χ2v) is 5.81. The first kappa shape index (κ1) is 13.8. The van der Waals surface area contributed by atoms with Gasteiger partial charge in [0.05, 0.1) is 0 Å². The molecule has 0 spiro atoms. The predicted molar refractivity (Wildman–Crippen MR) is 71.4 cm³/mol. The van der Waals surface area contributed by atoms with Crippen LogP contribution in [0.15, 0.2) is 0 Å². The summed E-state index contributed by atoms with van der Waals surface area (Å²) < 4.78 is 5.37. The summed E-state index contributed by atoms with van der Waals surface area (Å²) in [6.45, 7) is 7.57. The molecule has 2 aliphatic heterocycles. The van der Waals surface area contributed by atoms with Gasteiger partial charge in [0, 0.05) is 44.3 Å². The van der Waals surface area contributed by atoms with Crippen molar-refractivity contribution in [2.24, 2.45) is 5.92 Å². The molecular weight excluding hydrogens is 228 g/mol. The van der Waals surface area contributed by atoms with Crippen LogP contribution in [0.2, 0.25) is 0 Å². The van der Waals surface area contributed by atoms with Crippen LogP contribution in [0.5, 0.6) is 0 Å². The lowest BCUT2D eigenvalue weighted by Gasteiger charge is -2.36. The van der Waals surface area contributed by atoms with Crippen molar-refractivity contribution in [2.45, 2.75) is 51.6 Å². The van der Waals surface area contributed by atoms with E-state index in [4.69, 9.17) is 4.74 Å². The Balaban J connectivity index is 1.71. The van der Waals surface area contributed by atoms with Crippen LogP contribution in [0, 0.1) is 5.92 Å². The van der Waals surface area contributed by atoms with E-state index >= 15 is 0 Å². The van der Waals surface area contributed by atoms with E-state index in [9.17, 15) is 4.79 Å². The summed E-state index contributed by atoms with van der Waals surface area (Å²) >= 11 is 0. The number of hydrogen-bond acceptors (Lipinski definition) is 3. The summed E-state index contributed by atoms with van der Waals surface area (Å²) in [6, 6.07) is 1.21. The third-order valence-corrected chi connectivity index (χ3v) is 3.99. The van der Waals surface area contributed by atoms with Gasteiger partial charge in [-0.15, -0.1) is 0 Å². The molecule has 104 valence electrons. The second-order valence-electron chi connectivity index (χ2n) is 5.81. The molecule has 1 N–H and O–H groups in total. The number of carbonyl (C=O) groups excluding carboxylic acids is 1. The lowest BCUT2D eigenvalue weighted by molar-refractivity contribution is -0.135. The van der Waals surface area contributed by atoms with Crippen LogP contribution in [-0.2, 0) is 9.53 Å². The predicted octanol–water partition coefficient (Wildman–Crippen LogP) is 1.40. The van der Waals surface area contributed by atoms with Crippen LogP contribution in [0.4, 0.5) is 0 Å². The van der Waals surface area contributed by atoms with Gasteiger partial charge in [0.2, 0.25) is 5.91 Å². The van der Waals surface area contributed by atoms with Crippen molar-refractivity contribution in [1.82, 2.24) is 10.2 Å². The molecule has 0 aromatic rings. The molecule has 4 nitrogen and oxygen atoms in total. The van der Waals surface area contributed by atoms with E-state index in [1.54, 1.807) is 0 Å². The highest BCUT2D eigenvalue weighted by Gasteiger charge is 2.26. The molecule has 1 amide bonds. The minimum Gasteiger partial charge on any atom is -0.381 e. The van der Waals surface area contributed by atoms with Crippen LogP contribution < -0.4 is 5.32 Å². The monoisotopic (exact) mass is 254 g/mol. The maximum Gasteiger partial charge on any atom is 0.225 e. The maximum absolute atomic E-state index is 11.9. The van der Waals surface area contributed by atoms with Gasteiger partial charge in [-0.05, 0) is 25.7 Å². The average molecular weight is 254 g/mol.